The maximum Gasteiger partial charge on any atom is 3.00 e. The van der Waals surface area contributed by atoms with E-state index < -0.39 is 11.9 Å². The van der Waals surface area contributed by atoms with Crippen molar-refractivity contribution >= 4 is 31.7 Å². The summed E-state index contributed by atoms with van der Waals surface area (Å²) in [6.07, 6.45) is 13.9. The van der Waals surface area contributed by atoms with Crippen molar-refractivity contribution < 1.29 is 32.2 Å². The minimum Gasteiger partial charge on any atom is -1.00 e. The normalized spacial score (nSPS) is 9.08. The number of halogens is 1. The molecule has 0 heterocycles. The summed E-state index contributed by atoms with van der Waals surface area (Å²) in [5, 5.41) is 20.0. The fourth-order valence-electron chi connectivity index (χ4n) is 2.10. The van der Waals surface area contributed by atoms with Crippen LogP contribution in [0.15, 0.2) is 0 Å². The van der Waals surface area contributed by atoms with Crippen LogP contribution in [0.5, 0.6) is 0 Å². The summed E-state index contributed by atoms with van der Waals surface area (Å²) in [6.45, 7) is 4.34. The first kappa shape index (κ1) is 31.6. The Balaban J connectivity index is -0.000000154. The van der Waals surface area contributed by atoms with Crippen molar-refractivity contribution in [1.29, 1.82) is 0 Å². The summed E-state index contributed by atoms with van der Waals surface area (Å²) >= 11 is 0. The molecular weight excluding hydrogens is 385 g/mol. The topological polar surface area (TPSA) is 80.3 Å². The number of aliphatic carboxylic acids is 2. The third kappa shape index (κ3) is 37.8. The molecule has 0 radical (unpaired) electrons. The summed E-state index contributed by atoms with van der Waals surface area (Å²) in [6, 6.07) is 0. The van der Waals surface area contributed by atoms with Crippen molar-refractivity contribution in [1.82, 2.24) is 0 Å². The van der Waals surface area contributed by atoms with Gasteiger partial charge >= 0.3 is 19.8 Å². The molecule has 0 amide bonds. The van der Waals surface area contributed by atoms with Crippen LogP contribution >= 0.6 is 0 Å². The van der Waals surface area contributed by atoms with E-state index in [1.54, 1.807) is 0 Å². The molecule has 4 nitrogen and oxygen atoms in total. The van der Waals surface area contributed by atoms with E-state index in [2.05, 4.69) is 13.8 Å². The zero-order valence-corrected chi connectivity index (χ0v) is 18.7. The van der Waals surface area contributed by atoms with Crippen molar-refractivity contribution in [3.05, 3.63) is 0 Å². The summed E-state index contributed by atoms with van der Waals surface area (Å²) in [5.74, 6) is -1.83. The van der Waals surface area contributed by atoms with Gasteiger partial charge in [0.05, 0.1) is 0 Å². The Morgan fingerprint density at radius 1 is 0.583 bits per heavy atom. The van der Waals surface area contributed by atoms with Crippen molar-refractivity contribution in [3.63, 3.8) is 0 Å². The summed E-state index contributed by atoms with van der Waals surface area (Å²) in [5.41, 5.74) is 0. The standard InChI is InChI=1S/2C9H18O2.ClH.Ga/c2*1-2-3-4-5-6-7-8-9(10)11;;/h2*2-8H2,1H3,(H,10,11);1H;/q;;;+3/p-3. The molecule has 0 aliphatic carbocycles. The van der Waals surface area contributed by atoms with Crippen molar-refractivity contribution in [2.45, 2.75) is 104 Å². The van der Waals surface area contributed by atoms with Gasteiger partial charge in [-0.1, -0.05) is 78.1 Å². The van der Waals surface area contributed by atoms with E-state index >= 15 is 0 Å². The Morgan fingerprint density at radius 3 is 1.08 bits per heavy atom. The van der Waals surface area contributed by atoms with Crippen LogP contribution < -0.4 is 22.6 Å². The molecule has 0 aromatic carbocycles. The second-order valence-corrected chi connectivity index (χ2v) is 5.78. The third-order valence-electron chi connectivity index (χ3n) is 3.47. The van der Waals surface area contributed by atoms with Crippen molar-refractivity contribution in [2.75, 3.05) is 0 Å². The third-order valence-corrected chi connectivity index (χ3v) is 3.47. The van der Waals surface area contributed by atoms with Gasteiger partial charge in [0.25, 0.3) is 0 Å². The average Bonchev–Trinajstić information content (AvgIpc) is 2.46. The number of hydrogen-bond acceptors (Lipinski definition) is 4. The zero-order chi connectivity index (χ0) is 17.1. The molecule has 0 aliphatic heterocycles. The summed E-state index contributed by atoms with van der Waals surface area (Å²) in [7, 11) is 0. The number of carbonyl (C=O) groups excluding carboxylic acids is 2. The maximum atomic E-state index is 9.98. The van der Waals surface area contributed by atoms with E-state index in [1.807, 2.05) is 0 Å². The van der Waals surface area contributed by atoms with Gasteiger partial charge in [0.15, 0.2) is 0 Å². The summed E-state index contributed by atoms with van der Waals surface area (Å²) < 4.78 is 0. The van der Waals surface area contributed by atoms with Crippen LogP contribution in [0.2, 0.25) is 0 Å². The van der Waals surface area contributed by atoms with Crippen LogP contribution in [-0.2, 0) is 9.59 Å². The molecule has 0 aliphatic rings. The molecule has 140 valence electrons. The molecule has 0 rings (SSSR count). The number of carboxylic acids is 2. The van der Waals surface area contributed by atoms with Gasteiger partial charge in [-0.2, -0.15) is 0 Å². The Kier molecular flexibility index (Phi) is 36.5. The largest absolute Gasteiger partial charge is 3.00 e. The molecule has 0 aromatic rings. The number of hydrogen-bond donors (Lipinski definition) is 0. The smallest absolute Gasteiger partial charge is 1.00 e. The predicted molar refractivity (Wildman–Crippen MR) is 91.8 cm³/mol. The van der Waals surface area contributed by atoms with Crippen LogP contribution in [0.3, 0.4) is 0 Å². The molecule has 0 bridgehead atoms. The molecule has 0 fully saturated rings. The first-order valence-electron chi connectivity index (χ1n) is 8.94. The van der Waals surface area contributed by atoms with Gasteiger partial charge in [0, 0.05) is 11.9 Å². The Labute approximate surface area is 167 Å². The predicted octanol–water partition coefficient (Wildman–Crippen LogP) is -0.403. The summed E-state index contributed by atoms with van der Waals surface area (Å²) in [4.78, 5) is 20.0. The minimum atomic E-state index is -0.916. The second kappa shape index (κ2) is 27.7. The first-order valence-corrected chi connectivity index (χ1v) is 8.94. The Bertz CT molecular complexity index is 237. The Hall–Kier alpha value is -0.134. The molecule has 0 unspecified atom stereocenters. The van der Waals surface area contributed by atoms with Crippen LogP contribution in [0, 0.1) is 0 Å². The fraction of sp³-hybridized carbons (Fsp3) is 0.889. The molecule has 0 spiro atoms. The first-order chi connectivity index (χ1) is 10.5. The van der Waals surface area contributed by atoms with Gasteiger partial charge in [-0.15, -0.1) is 0 Å². The molecule has 6 heteroatoms. The van der Waals surface area contributed by atoms with Gasteiger partial charge in [-0.3, -0.25) is 0 Å². The number of unbranched alkanes of at least 4 members (excludes halogenated alkanes) is 10. The molecule has 0 atom stereocenters. The van der Waals surface area contributed by atoms with Crippen LogP contribution in [-0.4, -0.2) is 31.7 Å². The van der Waals surface area contributed by atoms with E-state index in [0.717, 1.165) is 25.7 Å². The minimum absolute atomic E-state index is 0. The molecule has 24 heavy (non-hydrogen) atoms. The number of rotatable bonds is 14. The van der Waals surface area contributed by atoms with E-state index in [-0.39, 0.29) is 45.0 Å². The van der Waals surface area contributed by atoms with Crippen LogP contribution in [0.4, 0.5) is 0 Å². The maximum absolute atomic E-state index is 9.98. The Morgan fingerprint density at radius 2 is 0.833 bits per heavy atom. The van der Waals surface area contributed by atoms with E-state index in [1.165, 1.54) is 51.4 Å². The van der Waals surface area contributed by atoms with Gasteiger partial charge in [-0.25, -0.2) is 0 Å². The number of carbonyl (C=O) groups is 2. The van der Waals surface area contributed by atoms with Gasteiger partial charge in [0.2, 0.25) is 0 Å². The SMILES string of the molecule is CCCCCCCCC(=O)[O-].CCCCCCCCC(=O)[O-].[Cl-].[Ga+3]. The van der Waals surface area contributed by atoms with Gasteiger partial charge in [-0.05, 0) is 25.7 Å². The van der Waals surface area contributed by atoms with Crippen molar-refractivity contribution in [3.8, 4) is 0 Å². The molecular formula is C18H34ClGaO4. The van der Waals surface area contributed by atoms with Crippen LogP contribution in [0.25, 0.3) is 0 Å². The quantitative estimate of drug-likeness (QED) is 0.283. The van der Waals surface area contributed by atoms with Gasteiger partial charge < -0.3 is 32.2 Å². The van der Waals surface area contributed by atoms with E-state index in [4.69, 9.17) is 0 Å². The zero-order valence-electron chi connectivity index (χ0n) is 15.5. The average molecular weight is 420 g/mol. The van der Waals surface area contributed by atoms with Crippen molar-refractivity contribution in [2.24, 2.45) is 0 Å². The van der Waals surface area contributed by atoms with Crippen LogP contribution in [0.1, 0.15) is 104 Å². The molecule has 0 saturated carbocycles. The number of carboxylic acid groups (broad SMARTS) is 2. The fourth-order valence-corrected chi connectivity index (χ4v) is 2.10. The van der Waals surface area contributed by atoms with E-state index in [0.29, 0.717) is 0 Å². The van der Waals surface area contributed by atoms with Gasteiger partial charge in [0.1, 0.15) is 0 Å². The molecule has 0 N–H and O–H groups in total. The second-order valence-electron chi connectivity index (χ2n) is 5.78. The monoisotopic (exact) mass is 418 g/mol. The van der Waals surface area contributed by atoms with E-state index in [9.17, 15) is 19.8 Å². The molecule has 0 saturated heterocycles. The molecule has 0 aromatic heterocycles.